The van der Waals surface area contributed by atoms with Gasteiger partial charge in [0.25, 0.3) is 0 Å². The van der Waals surface area contributed by atoms with Gasteiger partial charge in [0.1, 0.15) is 17.6 Å². The third kappa shape index (κ3) is 10.4. The molecule has 1 aliphatic carbocycles. The van der Waals surface area contributed by atoms with Gasteiger partial charge in [-0.3, -0.25) is 0 Å². The first-order valence-corrected chi connectivity index (χ1v) is 14.4. The Kier molecular flexibility index (Phi) is 12.8. The summed E-state index contributed by atoms with van der Waals surface area (Å²) in [7, 11) is 0. The summed E-state index contributed by atoms with van der Waals surface area (Å²) in [4.78, 5) is 11.9. The smallest absolute Gasteiger partial charge is 0.340 e. The van der Waals surface area contributed by atoms with E-state index in [9.17, 15) is 9.18 Å². The first kappa shape index (κ1) is 29.0. The highest BCUT2D eigenvalue weighted by molar-refractivity contribution is 5.74. The summed E-state index contributed by atoms with van der Waals surface area (Å²) in [6.07, 6.45) is 9.80. The highest BCUT2D eigenvalue weighted by Gasteiger charge is 2.27. The van der Waals surface area contributed by atoms with Gasteiger partial charge in [-0.1, -0.05) is 76.6 Å². The second-order valence-corrected chi connectivity index (χ2v) is 10.3. The van der Waals surface area contributed by atoms with Gasteiger partial charge in [-0.05, 0) is 79.8 Å². The second-order valence-electron chi connectivity index (χ2n) is 10.3. The van der Waals surface area contributed by atoms with E-state index in [-0.39, 0.29) is 12.5 Å². The summed E-state index contributed by atoms with van der Waals surface area (Å²) in [6.45, 7) is 5.64. The van der Waals surface area contributed by atoms with Crippen molar-refractivity contribution in [2.75, 3.05) is 13.2 Å². The zero-order valence-electron chi connectivity index (χ0n) is 22.8. The molecule has 0 heterocycles. The lowest BCUT2D eigenvalue weighted by Gasteiger charge is -2.28. The largest absolute Gasteiger partial charge is 0.494 e. The molecule has 204 valence electrons. The molecule has 3 rings (SSSR count). The molecule has 0 aliphatic heterocycles. The predicted molar refractivity (Wildman–Crippen MR) is 148 cm³/mol. The highest BCUT2D eigenvalue weighted by atomic mass is 19.1. The third-order valence-corrected chi connectivity index (χ3v) is 7.19. The number of ether oxygens (including phenoxy) is 3. The molecule has 1 atom stereocenters. The van der Waals surface area contributed by atoms with E-state index in [1.54, 1.807) is 0 Å². The van der Waals surface area contributed by atoms with E-state index in [0.717, 1.165) is 67.8 Å². The number of esters is 1. The van der Waals surface area contributed by atoms with Gasteiger partial charge in [-0.25, -0.2) is 9.18 Å². The first-order chi connectivity index (χ1) is 18.1. The van der Waals surface area contributed by atoms with Crippen LogP contribution in [-0.4, -0.2) is 31.5 Å². The molecule has 5 heteroatoms. The van der Waals surface area contributed by atoms with Gasteiger partial charge in [0, 0.05) is 0 Å². The van der Waals surface area contributed by atoms with Gasteiger partial charge in [0.05, 0.1) is 13.2 Å². The standard InChI is InChI=1S/C32H45FO4/c1-3-5-7-8-9-23-35-28-19-13-26(14-20-28)27-15-21-29(22-16-27)36-24-25-11-17-30(18-12-25)37-32(34)31(33)10-6-4-2/h13-16,19-22,25,30-31H,3-12,17-18,23-24H2,1-2H3/t25?,30?,31-/m0/s1. The SMILES string of the molecule is CCCCCCCOc1ccc(-c2ccc(OCC3CCC(OC(=O)[C@@H](F)CCCC)CC3)cc2)cc1. The molecule has 0 amide bonds. The van der Waals surface area contributed by atoms with E-state index in [2.05, 4.69) is 31.2 Å². The van der Waals surface area contributed by atoms with Crippen molar-refractivity contribution in [1.82, 2.24) is 0 Å². The van der Waals surface area contributed by atoms with Crippen molar-refractivity contribution in [2.24, 2.45) is 5.92 Å². The number of carbonyl (C=O) groups is 1. The quantitative estimate of drug-likeness (QED) is 0.167. The molecule has 0 unspecified atom stereocenters. The van der Waals surface area contributed by atoms with Gasteiger partial charge in [-0.2, -0.15) is 0 Å². The van der Waals surface area contributed by atoms with Crippen molar-refractivity contribution >= 4 is 5.97 Å². The summed E-state index contributed by atoms with van der Waals surface area (Å²) in [5.74, 6) is 1.52. The summed E-state index contributed by atoms with van der Waals surface area (Å²) in [6, 6.07) is 16.5. The van der Waals surface area contributed by atoms with Crippen LogP contribution in [0.2, 0.25) is 0 Å². The number of alkyl halides is 1. The minimum absolute atomic E-state index is 0.162. The van der Waals surface area contributed by atoms with Crippen molar-refractivity contribution in [1.29, 1.82) is 0 Å². The molecule has 0 radical (unpaired) electrons. The maximum absolute atomic E-state index is 13.9. The molecular weight excluding hydrogens is 467 g/mol. The fraction of sp³-hybridized carbons (Fsp3) is 0.594. The fourth-order valence-electron chi connectivity index (χ4n) is 4.75. The Morgan fingerprint density at radius 2 is 1.35 bits per heavy atom. The van der Waals surface area contributed by atoms with Crippen molar-refractivity contribution in [2.45, 2.75) is 103 Å². The zero-order chi connectivity index (χ0) is 26.3. The van der Waals surface area contributed by atoms with Crippen LogP contribution in [-0.2, 0) is 9.53 Å². The Morgan fingerprint density at radius 3 is 1.95 bits per heavy atom. The Bertz CT molecular complexity index is 888. The minimum atomic E-state index is -1.49. The van der Waals surface area contributed by atoms with Crippen LogP contribution in [0.15, 0.2) is 48.5 Å². The maximum Gasteiger partial charge on any atom is 0.340 e. The third-order valence-electron chi connectivity index (χ3n) is 7.19. The molecule has 0 saturated heterocycles. The van der Waals surface area contributed by atoms with E-state index in [0.29, 0.717) is 18.9 Å². The molecule has 37 heavy (non-hydrogen) atoms. The predicted octanol–water partition coefficient (Wildman–Crippen LogP) is 8.71. The molecule has 1 aliphatic rings. The maximum atomic E-state index is 13.9. The molecule has 2 aromatic carbocycles. The number of unbranched alkanes of at least 4 members (excludes halogenated alkanes) is 5. The summed E-state index contributed by atoms with van der Waals surface area (Å²) in [5.41, 5.74) is 2.30. The summed E-state index contributed by atoms with van der Waals surface area (Å²) < 4.78 is 31.2. The van der Waals surface area contributed by atoms with Crippen molar-refractivity contribution < 1.29 is 23.4 Å². The normalized spacial score (nSPS) is 18.2. The Balaban J connectivity index is 1.35. The van der Waals surface area contributed by atoms with Gasteiger partial charge in [0.2, 0.25) is 0 Å². The van der Waals surface area contributed by atoms with Gasteiger partial charge < -0.3 is 14.2 Å². The minimum Gasteiger partial charge on any atom is -0.494 e. The summed E-state index contributed by atoms with van der Waals surface area (Å²) in [5, 5.41) is 0. The lowest BCUT2D eigenvalue weighted by Crippen LogP contribution is -2.30. The van der Waals surface area contributed by atoms with Crippen LogP contribution in [0.25, 0.3) is 11.1 Å². The van der Waals surface area contributed by atoms with E-state index in [4.69, 9.17) is 14.2 Å². The molecule has 1 fully saturated rings. The lowest BCUT2D eigenvalue weighted by molar-refractivity contribution is -0.157. The van der Waals surface area contributed by atoms with Crippen LogP contribution in [0, 0.1) is 5.92 Å². The number of benzene rings is 2. The van der Waals surface area contributed by atoms with E-state index < -0.39 is 12.1 Å². The molecule has 0 aromatic heterocycles. The molecule has 4 nitrogen and oxygen atoms in total. The second kappa shape index (κ2) is 16.3. The monoisotopic (exact) mass is 512 g/mol. The lowest BCUT2D eigenvalue weighted by atomic mass is 9.88. The fourth-order valence-corrected chi connectivity index (χ4v) is 4.75. The van der Waals surface area contributed by atoms with Crippen molar-refractivity contribution in [3.05, 3.63) is 48.5 Å². The number of hydrogen-bond acceptors (Lipinski definition) is 4. The van der Waals surface area contributed by atoms with Crippen molar-refractivity contribution in [3.8, 4) is 22.6 Å². The molecule has 0 bridgehead atoms. The number of hydrogen-bond donors (Lipinski definition) is 0. The van der Waals surface area contributed by atoms with Crippen LogP contribution in [0.3, 0.4) is 0 Å². The average molecular weight is 513 g/mol. The van der Waals surface area contributed by atoms with Crippen LogP contribution in [0.1, 0.15) is 90.9 Å². The molecule has 0 spiro atoms. The van der Waals surface area contributed by atoms with Crippen molar-refractivity contribution in [3.63, 3.8) is 0 Å². The van der Waals surface area contributed by atoms with Crippen LogP contribution in [0.5, 0.6) is 11.5 Å². The first-order valence-electron chi connectivity index (χ1n) is 14.4. The van der Waals surface area contributed by atoms with Gasteiger partial charge in [-0.15, -0.1) is 0 Å². The summed E-state index contributed by atoms with van der Waals surface area (Å²) >= 11 is 0. The highest BCUT2D eigenvalue weighted by Crippen LogP contribution is 2.29. The molecule has 0 N–H and O–H groups in total. The Morgan fingerprint density at radius 1 is 0.784 bits per heavy atom. The van der Waals surface area contributed by atoms with Crippen LogP contribution in [0.4, 0.5) is 4.39 Å². The number of halogens is 1. The number of carbonyl (C=O) groups excluding carboxylic acids is 1. The van der Waals surface area contributed by atoms with E-state index >= 15 is 0 Å². The molecule has 2 aromatic rings. The topological polar surface area (TPSA) is 44.8 Å². The van der Waals surface area contributed by atoms with Crippen LogP contribution < -0.4 is 9.47 Å². The van der Waals surface area contributed by atoms with Gasteiger partial charge in [0.15, 0.2) is 6.17 Å². The van der Waals surface area contributed by atoms with Crippen LogP contribution >= 0.6 is 0 Å². The van der Waals surface area contributed by atoms with E-state index in [1.165, 1.54) is 25.7 Å². The zero-order valence-corrected chi connectivity index (χ0v) is 22.8. The van der Waals surface area contributed by atoms with Gasteiger partial charge >= 0.3 is 5.97 Å². The molecule has 1 saturated carbocycles. The Labute approximate surface area is 222 Å². The number of rotatable bonds is 16. The molecular formula is C32H45FO4. The van der Waals surface area contributed by atoms with E-state index in [1.807, 2.05) is 31.2 Å². The average Bonchev–Trinajstić information content (AvgIpc) is 2.94. The Hall–Kier alpha value is -2.56.